The molecule has 39 heavy (non-hydrogen) atoms. The minimum absolute atomic E-state index is 0.192. The van der Waals surface area contributed by atoms with Gasteiger partial charge in [-0.25, -0.2) is 14.6 Å². The number of rotatable bonds is 6. The van der Waals surface area contributed by atoms with E-state index < -0.39 is 0 Å². The van der Waals surface area contributed by atoms with Gasteiger partial charge in [0.15, 0.2) is 5.82 Å². The fourth-order valence-corrected chi connectivity index (χ4v) is 3.25. The summed E-state index contributed by atoms with van der Waals surface area (Å²) < 4.78 is 1.42. The van der Waals surface area contributed by atoms with Crippen molar-refractivity contribution >= 4 is 6.21 Å². The van der Waals surface area contributed by atoms with Gasteiger partial charge in [0, 0.05) is 35.8 Å². The summed E-state index contributed by atoms with van der Waals surface area (Å²) in [7, 11) is 0. The van der Waals surface area contributed by atoms with Crippen molar-refractivity contribution in [2.75, 3.05) is 0 Å². The SMILES string of the molecule is C=C(C)C(=C)N=CC.CC.Cc1cnc(-c2cccc(Cn3nc(-c4cccc(C#N)c4)ccc3=O)c2)nc1. The van der Waals surface area contributed by atoms with Gasteiger partial charge < -0.3 is 0 Å². The molecule has 0 saturated carbocycles. The average Bonchev–Trinajstić information content (AvgIpc) is 2.96. The molecule has 0 radical (unpaired) electrons. The van der Waals surface area contributed by atoms with Crippen LogP contribution >= 0.6 is 0 Å². The molecule has 0 aliphatic rings. The number of aryl methyl sites for hydroxylation is 1. The molecule has 0 aliphatic heterocycles. The van der Waals surface area contributed by atoms with E-state index in [0.29, 0.717) is 23.6 Å². The molecule has 0 amide bonds. The van der Waals surface area contributed by atoms with Gasteiger partial charge in [-0.1, -0.05) is 57.3 Å². The molecule has 0 saturated heterocycles. The third kappa shape index (κ3) is 9.13. The summed E-state index contributed by atoms with van der Waals surface area (Å²) in [6.45, 7) is 17.3. The zero-order valence-electron chi connectivity index (χ0n) is 23.2. The largest absolute Gasteiger partial charge is 0.268 e. The monoisotopic (exact) mass is 518 g/mol. The summed E-state index contributed by atoms with van der Waals surface area (Å²) in [5.41, 5.74) is 6.26. The number of allylic oxidation sites excluding steroid dienone is 1. The highest BCUT2D eigenvalue weighted by atomic mass is 16.1. The topological polar surface area (TPSA) is 96.8 Å². The van der Waals surface area contributed by atoms with Crippen molar-refractivity contribution in [3.8, 4) is 28.7 Å². The molecule has 7 nitrogen and oxygen atoms in total. The van der Waals surface area contributed by atoms with Crippen LogP contribution in [0.3, 0.4) is 0 Å². The van der Waals surface area contributed by atoms with E-state index in [4.69, 9.17) is 5.26 Å². The highest BCUT2D eigenvalue weighted by Gasteiger charge is 2.07. The Morgan fingerprint density at radius 2 is 1.69 bits per heavy atom. The molecule has 2 aromatic carbocycles. The molecule has 0 N–H and O–H groups in total. The maximum absolute atomic E-state index is 12.3. The second-order valence-corrected chi connectivity index (χ2v) is 8.31. The number of nitrogens with zero attached hydrogens (tertiary/aromatic N) is 6. The number of aromatic nitrogens is 4. The van der Waals surface area contributed by atoms with E-state index >= 15 is 0 Å². The van der Waals surface area contributed by atoms with E-state index in [0.717, 1.165) is 33.5 Å². The lowest BCUT2D eigenvalue weighted by Crippen LogP contribution is -2.22. The molecular formula is C32H34N6O. The minimum Gasteiger partial charge on any atom is -0.268 e. The highest BCUT2D eigenvalue weighted by molar-refractivity contribution is 5.61. The first-order chi connectivity index (χ1) is 18.8. The summed E-state index contributed by atoms with van der Waals surface area (Å²) in [6, 6.07) is 20.2. The molecule has 2 aromatic heterocycles. The van der Waals surface area contributed by atoms with Crippen molar-refractivity contribution in [2.45, 2.75) is 41.2 Å². The lowest BCUT2D eigenvalue weighted by Gasteiger charge is -2.09. The molecule has 198 valence electrons. The Kier molecular flexibility index (Phi) is 11.9. The number of hydrogen-bond acceptors (Lipinski definition) is 6. The molecule has 0 unspecified atom stereocenters. The normalized spacial score (nSPS) is 9.95. The third-order valence-electron chi connectivity index (χ3n) is 5.23. The second kappa shape index (κ2) is 15.3. The molecule has 0 spiro atoms. The first-order valence-electron chi connectivity index (χ1n) is 12.6. The molecule has 2 heterocycles. The standard InChI is InChI=1S/C23H17N5O.C7H11N.C2H6/c1-16-13-25-23(26-14-16)20-7-3-5-18(11-20)15-28-22(29)9-8-21(27-28)19-6-2-4-17(10-19)12-24;1-5-8-7(4)6(2)3;1-2/h2-11,13-14H,15H2,1H3;5H,2,4H2,1,3H3;1-2H3. The van der Waals surface area contributed by atoms with Crippen LogP contribution in [-0.4, -0.2) is 26.0 Å². The van der Waals surface area contributed by atoms with Gasteiger partial charge in [0.2, 0.25) is 0 Å². The fourth-order valence-electron chi connectivity index (χ4n) is 3.25. The average molecular weight is 519 g/mol. The van der Waals surface area contributed by atoms with Gasteiger partial charge in [0.25, 0.3) is 5.56 Å². The van der Waals surface area contributed by atoms with Gasteiger partial charge >= 0.3 is 0 Å². The van der Waals surface area contributed by atoms with Crippen LogP contribution in [0.25, 0.3) is 22.6 Å². The van der Waals surface area contributed by atoms with Crippen molar-refractivity contribution in [1.82, 2.24) is 19.7 Å². The second-order valence-electron chi connectivity index (χ2n) is 8.31. The Labute approximate surface area is 230 Å². The maximum atomic E-state index is 12.3. The highest BCUT2D eigenvalue weighted by Crippen LogP contribution is 2.19. The number of benzene rings is 2. The summed E-state index contributed by atoms with van der Waals surface area (Å²) in [5.74, 6) is 0.639. The van der Waals surface area contributed by atoms with Crippen molar-refractivity contribution in [3.63, 3.8) is 0 Å². The molecule has 7 heteroatoms. The zero-order chi connectivity index (χ0) is 28.8. The van der Waals surface area contributed by atoms with Gasteiger partial charge in [-0.05, 0) is 61.7 Å². The van der Waals surface area contributed by atoms with Crippen LogP contribution in [0.1, 0.15) is 44.4 Å². The van der Waals surface area contributed by atoms with Gasteiger partial charge in [-0.2, -0.15) is 10.4 Å². The summed E-state index contributed by atoms with van der Waals surface area (Å²) in [4.78, 5) is 25.0. The lowest BCUT2D eigenvalue weighted by atomic mass is 10.1. The maximum Gasteiger partial charge on any atom is 0.267 e. The van der Waals surface area contributed by atoms with Crippen molar-refractivity contribution in [2.24, 2.45) is 4.99 Å². The van der Waals surface area contributed by atoms with Gasteiger partial charge in [-0.3, -0.25) is 9.79 Å². The third-order valence-corrected chi connectivity index (χ3v) is 5.23. The van der Waals surface area contributed by atoms with Crippen molar-refractivity contribution in [3.05, 3.63) is 125 Å². The van der Waals surface area contributed by atoms with Crippen LogP contribution in [0.2, 0.25) is 0 Å². The van der Waals surface area contributed by atoms with Gasteiger partial charge in [-0.15, -0.1) is 0 Å². The Morgan fingerprint density at radius 1 is 1.03 bits per heavy atom. The number of hydrogen-bond donors (Lipinski definition) is 0. The number of nitriles is 1. The van der Waals surface area contributed by atoms with E-state index in [1.807, 2.05) is 65.0 Å². The fraction of sp³-hybridized carbons (Fsp3) is 0.188. The van der Waals surface area contributed by atoms with Crippen LogP contribution in [0.15, 0.2) is 107 Å². The number of aliphatic imine (C=N–C) groups is 1. The van der Waals surface area contributed by atoms with Crippen molar-refractivity contribution in [1.29, 1.82) is 5.26 Å². The van der Waals surface area contributed by atoms with E-state index in [2.05, 4.69) is 39.3 Å². The predicted octanol–water partition coefficient (Wildman–Crippen LogP) is 6.79. The minimum atomic E-state index is -0.192. The first-order valence-corrected chi connectivity index (χ1v) is 12.6. The molecule has 0 atom stereocenters. The smallest absolute Gasteiger partial charge is 0.267 e. The molecule has 0 fully saturated rings. The zero-order valence-corrected chi connectivity index (χ0v) is 23.2. The van der Waals surface area contributed by atoms with E-state index in [-0.39, 0.29) is 5.56 Å². The molecule has 4 aromatic rings. The first kappa shape index (κ1) is 30.3. The molecule has 4 rings (SSSR count). The van der Waals surface area contributed by atoms with Crippen LogP contribution in [0.5, 0.6) is 0 Å². The summed E-state index contributed by atoms with van der Waals surface area (Å²) in [5, 5.41) is 13.6. The van der Waals surface area contributed by atoms with Crippen LogP contribution in [-0.2, 0) is 6.54 Å². The van der Waals surface area contributed by atoms with Gasteiger partial charge in [0.05, 0.1) is 29.6 Å². The molecular weight excluding hydrogens is 484 g/mol. The van der Waals surface area contributed by atoms with E-state index in [1.165, 1.54) is 10.7 Å². The molecule has 0 bridgehead atoms. The Hall–Kier alpha value is -4.96. The summed E-state index contributed by atoms with van der Waals surface area (Å²) in [6.07, 6.45) is 5.26. The van der Waals surface area contributed by atoms with E-state index in [9.17, 15) is 4.79 Å². The molecule has 0 aliphatic carbocycles. The van der Waals surface area contributed by atoms with Crippen molar-refractivity contribution < 1.29 is 0 Å². The van der Waals surface area contributed by atoms with Crippen LogP contribution in [0, 0.1) is 18.3 Å². The van der Waals surface area contributed by atoms with Crippen LogP contribution < -0.4 is 5.56 Å². The quantitative estimate of drug-likeness (QED) is 0.207. The lowest BCUT2D eigenvalue weighted by molar-refractivity contribution is 0.643. The van der Waals surface area contributed by atoms with E-state index in [1.54, 1.807) is 42.9 Å². The van der Waals surface area contributed by atoms with Crippen LogP contribution in [0.4, 0.5) is 0 Å². The Morgan fingerprint density at radius 3 is 2.31 bits per heavy atom. The summed E-state index contributed by atoms with van der Waals surface area (Å²) >= 11 is 0. The Bertz CT molecular complexity index is 1540. The predicted molar refractivity (Wildman–Crippen MR) is 159 cm³/mol. The van der Waals surface area contributed by atoms with Gasteiger partial charge in [0.1, 0.15) is 0 Å². The Balaban J connectivity index is 0.000000460.